The first-order chi connectivity index (χ1) is 12.1. The third-order valence-electron chi connectivity index (χ3n) is 4.78. The molecule has 2 aromatic heterocycles. The van der Waals surface area contributed by atoms with Gasteiger partial charge < -0.3 is 9.80 Å². The lowest BCUT2D eigenvalue weighted by molar-refractivity contribution is 0.624. The summed E-state index contributed by atoms with van der Waals surface area (Å²) in [5.41, 5.74) is 2.30. The number of halogens is 1. The largest absolute Gasteiger partial charge is 0.368 e. The molecule has 0 bridgehead atoms. The SMILES string of the molecule is Cn1c(=O)n(C)c2c(N3CCN(c4ccc(F)cc4)CC3)ncnc21. The molecule has 0 atom stereocenters. The number of hydrogen-bond acceptors (Lipinski definition) is 5. The summed E-state index contributed by atoms with van der Waals surface area (Å²) in [4.78, 5) is 25.3. The van der Waals surface area contributed by atoms with Crippen LogP contribution in [0.15, 0.2) is 35.4 Å². The third kappa shape index (κ3) is 2.54. The highest BCUT2D eigenvalue weighted by atomic mass is 19.1. The van der Waals surface area contributed by atoms with Gasteiger partial charge >= 0.3 is 5.69 Å². The van der Waals surface area contributed by atoms with Gasteiger partial charge in [0, 0.05) is 46.0 Å². The van der Waals surface area contributed by atoms with Crippen LogP contribution in [0.1, 0.15) is 0 Å². The lowest BCUT2D eigenvalue weighted by Crippen LogP contribution is -2.47. The first-order valence-corrected chi connectivity index (χ1v) is 8.18. The molecule has 8 heteroatoms. The second-order valence-corrected chi connectivity index (χ2v) is 6.22. The molecule has 1 aromatic carbocycles. The van der Waals surface area contributed by atoms with Crippen LogP contribution in [-0.4, -0.2) is 45.3 Å². The van der Waals surface area contributed by atoms with Crippen molar-refractivity contribution < 1.29 is 4.39 Å². The molecule has 130 valence electrons. The smallest absolute Gasteiger partial charge is 0.329 e. The van der Waals surface area contributed by atoms with Crippen molar-refractivity contribution in [2.24, 2.45) is 14.1 Å². The van der Waals surface area contributed by atoms with E-state index in [1.807, 2.05) is 0 Å². The Balaban J connectivity index is 1.61. The fraction of sp³-hybridized carbons (Fsp3) is 0.353. The van der Waals surface area contributed by atoms with Crippen LogP contribution in [0.3, 0.4) is 0 Å². The normalized spacial score (nSPS) is 15.2. The van der Waals surface area contributed by atoms with Gasteiger partial charge in [0.15, 0.2) is 11.5 Å². The van der Waals surface area contributed by atoms with E-state index in [1.165, 1.54) is 23.0 Å². The van der Waals surface area contributed by atoms with Crippen LogP contribution < -0.4 is 15.5 Å². The Bertz CT molecular complexity index is 969. The molecule has 3 aromatic rings. The summed E-state index contributed by atoms with van der Waals surface area (Å²) in [7, 11) is 3.46. The summed E-state index contributed by atoms with van der Waals surface area (Å²) in [6.07, 6.45) is 1.50. The molecule has 0 spiro atoms. The molecule has 25 heavy (non-hydrogen) atoms. The second-order valence-electron chi connectivity index (χ2n) is 6.22. The van der Waals surface area contributed by atoms with Crippen LogP contribution in [0.4, 0.5) is 15.9 Å². The molecule has 7 nitrogen and oxygen atoms in total. The van der Waals surface area contributed by atoms with Crippen molar-refractivity contribution in [1.82, 2.24) is 19.1 Å². The van der Waals surface area contributed by atoms with Gasteiger partial charge in [0.05, 0.1) is 0 Å². The predicted octanol–water partition coefficient (Wildman–Crippen LogP) is 1.13. The summed E-state index contributed by atoms with van der Waals surface area (Å²) in [6.45, 7) is 3.15. The van der Waals surface area contributed by atoms with Crippen LogP contribution >= 0.6 is 0 Å². The molecule has 0 saturated carbocycles. The van der Waals surface area contributed by atoms with E-state index in [2.05, 4.69) is 19.8 Å². The molecule has 0 N–H and O–H groups in total. The molecule has 0 radical (unpaired) electrons. The monoisotopic (exact) mass is 342 g/mol. The van der Waals surface area contributed by atoms with Crippen molar-refractivity contribution in [3.05, 3.63) is 46.9 Å². The van der Waals surface area contributed by atoms with Gasteiger partial charge in [-0.1, -0.05) is 0 Å². The Kier molecular flexibility index (Phi) is 3.67. The number of piperazine rings is 1. The number of imidazole rings is 1. The van der Waals surface area contributed by atoms with Gasteiger partial charge in [-0.15, -0.1) is 0 Å². The number of nitrogens with zero attached hydrogens (tertiary/aromatic N) is 6. The molecular formula is C17H19FN6O. The minimum atomic E-state index is -0.226. The predicted molar refractivity (Wildman–Crippen MR) is 94.6 cm³/mol. The lowest BCUT2D eigenvalue weighted by Gasteiger charge is -2.36. The second kappa shape index (κ2) is 5.87. The Hall–Kier alpha value is -2.90. The Morgan fingerprint density at radius 3 is 2.24 bits per heavy atom. The summed E-state index contributed by atoms with van der Waals surface area (Å²) >= 11 is 0. The fourth-order valence-electron chi connectivity index (χ4n) is 3.38. The highest BCUT2D eigenvalue weighted by molar-refractivity contribution is 5.84. The van der Waals surface area contributed by atoms with E-state index in [9.17, 15) is 9.18 Å². The van der Waals surface area contributed by atoms with Crippen molar-refractivity contribution in [2.75, 3.05) is 36.0 Å². The number of fused-ring (bicyclic) bond motifs is 1. The van der Waals surface area contributed by atoms with Crippen LogP contribution in [0.25, 0.3) is 11.2 Å². The first kappa shape index (κ1) is 15.6. The number of anilines is 2. The van der Waals surface area contributed by atoms with Crippen LogP contribution in [0.2, 0.25) is 0 Å². The first-order valence-electron chi connectivity index (χ1n) is 8.18. The number of aryl methyl sites for hydroxylation is 2. The zero-order valence-electron chi connectivity index (χ0n) is 14.2. The van der Waals surface area contributed by atoms with E-state index >= 15 is 0 Å². The van der Waals surface area contributed by atoms with E-state index in [0.29, 0.717) is 5.65 Å². The van der Waals surface area contributed by atoms with E-state index in [1.54, 1.807) is 30.8 Å². The quantitative estimate of drug-likeness (QED) is 0.699. The highest BCUT2D eigenvalue weighted by Gasteiger charge is 2.23. The van der Waals surface area contributed by atoms with E-state index < -0.39 is 0 Å². The molecule has 0 aliphatic carbocycles. The van der Waals surface area contributed by atoms with Crippen LogP contribution in [0.5, 0.6) is 0 Å². The Labute approximate surface area is 143 Å². The van der Waals surface area contributed by atoms with Gasteiger partial charge in [-0.25, -0.2) is 19.2 Å². The van der Waals surface area contributed by atoms with Crippen molar-refractivity contribution in [3.63, 3.8) is 0 Å². The minimum Gasteiger partial charge on any atom is -0.368 e. The zero-order chi connectivity index (χ0) is 17.6. The van der Waals surface area contributed by atoms with Gasteiger partial charge in [-0.05, 0) is 24.3 Å². The number of benzene rings is 1. The summed E-state index contributed by atoms with van der Waals surface area (Å²) in [6, 6.07) is 6.56. The maximum absolute atomic E-state index is 13.1. The van der Waals surface area contributed by atoms with Crippen molar-refractivity contribution in [3.8, 4) is 0 Å². The number of hydrogen-bond donors (Lipinski definition) is 0. The molecule has 4 rings (SSSR count). The Morgan fingerprint density at radius 1 is 0.920 bits per heavy atom. The van der Waals surface area contributed by atoms with Gasteiger partial charge in [-0.3, -0.25) is 9.13 Å². The van der Waals surface area contributed by atoms with Crippen molar-refractivity contribution in [1.29, 1.82) is 0 Å². The molecule has 0 unspecified atom stereocenters. The lowest BCUT2D eigenvalue weighted by atomic mass is 10.2. The molecule has 1 fully saturated rings. The summed E-state index contributed by atoms with van der Waals surface area (Å²) in [5, 5.41) is 0. The van der Waals surface area contributed by atoms with Gasteiger partial charge in [0.1, 0.15) is 17.7 Å². The van der Waals surface area contributed by atoms with E-state index in [4.69, 9.17) is 0 Å². The molecule has 1 aliphatic rings. The molecular weight excluding hydrogens is 323 g/mol. The highest BCUT2D eigenvalue weighted by Crippen LogP contribution is 2.24. The average molecular weight is 342 g/mol. The van der Waals surface area contributed by atoms with Crippen LogP contribution in [0, 0.1) is 5.82 Å². The van der Waals surface area contributed by atoms with Crippen molar-refractivity contribution >= 4 is 22.7 Å². The number of aromatic nitrogens is 4. The Morgan fingerprint density at radius 2 is 1.56 bits per heavy atom. The van der Waals surface area contributed by atoms with E-state index in [-0.39, 0.29) is 11.5 Å². The summed E-state index contributed by atoms with van der Waals surface area (Å²) in [5.74, 6) is 0.555. The standard InChI is InChI=1S/C17H19FN6O/c1-21-14-15(22(2)17(21)25)19-11-20-16(14)24-9-7-23(8-10-24)13-5-3-12(18)4-6-13/h3-6,11H,7-10H2,1-2H3. The van der Waals surface area contributed by atoms with Gasteiger partial charge in [0.2, 0.25) is 0 Å². The molecule has 0 amide bonds. The maximum Gasteiger partial charge on any atom is 0.329 e. The van der Waals surface area contributed by atoms with Crippen LogP contribution in [-0.2, 0) is 14.1 Å². The fourth-order valence-corrected chi connectivity index (χ4v) is 3.38. The summed E-state index contributed by atoms with van der Waals surface area (Å²) < 4.78 is 16.2. The molecule has 3 heterocycles. The zero-order valence-corrected chi connectivity index (χ0v) is 14.2. The molecule has 1 saturated heterocycles. The van der Waals surface area contributed by atoms with Gasteiger partial charge in [0.25, 0.3) is 0 Å². The number of rotatable bonds is 2. The average Bonchev–Trinajstić information content (AvgIpc) is 2.87. The molecule has 1 aliphatic heterocycles. The minimum absolute atomic E-state index is 0.110. The third-order valence-corrected chi connectivity index (χ3v) is 4.78. The maximum atomic E-state index is 13.1. The van der Waals surface area contributed by atoms with Gasteiger partial charge in [-0.2, -0.15) is 0 Å². The van der Waals surface area contributed by atoms with E-state index in [0.717, 1.165) is 43.2 Å². The van der Waals surface area contributed by atoms with Crippen molar-refractivity contribution in [2.45, 2.75) is 0 Å². The topological polar surface area (TPSA) is 59.2 Å².